The van der Waals surface area contributed by atoms with E-state index in [1.54, 1.807) is 17.4 Å². The monoisotopic (exact) mass is 408 g/mol. The lowest BCUT2D eigenvalue weighted by Crippen LogP contribution is -2.13. The molecule has 0 aliphatic carbocycles. The lowest BCUT2D eigenvalue weighted by molar-refractivity contribution is -0.139. The van der Waals surface area contributed by atoms with Crippen LogP contribution in [-0.2, 0) is 16.1 Å². The number of rotatable bonds is 5. The smallest absolute Gasteiger partial charge is 0.331 e. The van der Waals surface area contributed by atoms with Gasteiger partial charge in [0.05, 0.1) is 5.39 Å². The summed E-state index contributed by atoms with van der Waals surface area (Å²) in [6.45, 7) is 1.94. The van der Waals surface area contributed by atoms with E-state index < -0.39 is 5.97 Å². The third-order valence-corrected chi connectivity index (χ3v) is 5.97. The van der Waals surface area contributed by atoms with Crippen LogP contribution in [0.25, 0.3) is 26.7 Å². The first-order valence-corrected chi connectivity index (χ1v) is 10.3. The first-order chi connectivity index (χ1) is 13.6. The molecule has 7 heteroatoms. The van der Waals surface area contributed by atoms with E-state index >= 15 is 0 Å². The van der Waals surface area contributed by atoms with Gasteiger partial charge in [0.15, 0.2) is 0 Å². The maximum Gasteiger partial charge on any atom is 0.331 e. The Kier molecular flexibility index (Phi) is 5.18. The van der Waals surface area contributed by atoms with Crippen molar-refractivity contribution >= 4 is 44.9 Å². The SMILES string of the molecule is Cc1ccc(-c2csc3nc(COC(=O)/C=C/c4ccccc4)[nH]c(=O)c23)s1. The second kappa shape index (κ2) is 7.92. The lowest BCUT2D eigenvalue weighted by Gasteiger charge is -2.02. The fourth-order valence-electron chi connectivity index (χ4n) is 2.74. The number of carbonyl (C=O) groups excluding carboxylic acids is 1. The fourth-order valence-corrected chi connectivity index (χ4v) is 4.66. The number of hydrogen-bond acceptors (Lipinski definition) is 6. The minimum Gasteiger partial charge on any atom is -0.454 e. The van der Waals surface area contributed by atoms with Crippen molar-refractivity contribution in [1.82, 2.24) is 9.97 Å². The van der Waals surface area contributed by atoms with Crippen molar-refractivity contribution in [2.75, 3.05) is 0 Å². The molecule has 0 radical (unpaired) electrons. The number of fused-ring (bicyclic) bond motifs is 1. The summed E-state index contributed by atoms with van der Waals surface area (Å²) >= 11 is 3.05. The topological polar surface area (TPSA) is 72.0 Å². The average Bonchev–Trinajstić information content (AvgIpc) is 3.32. The summed E-state index contributed by atoms with van der Waals surface area (Å²) in [6, 6.07) is 13.5. The maximum absolute atomic E-state index is 12.6. The van der Waals surface area contributed by atoms with Gasteiger partial charge >= 0.3 is 5.97 Å². The molecule has 1 aromatic carbocycles. The Labute approximate surface area is 169 Å². The van der Waals surface area contributed by atoms with Gasteiger partial charge in [-0.3, -0.25) is 4.79 Å². The van der Waals surface area contributed by atoms with E-state index in [2.05, 4.69) is 9.97 Å². The largest absolute Gasteiger partial charge is 0.454 e. The molecule has 0 saturated carbocycles. The first-order valence-electron chi connectivity index (χ1n) is 8.57. The average molecular weight is 409 g/mol. The number of nitrogens with one attached hydrogen (secondary N) is 1. The molecule has 0 bridgehead atoms. The Hall–Kier alpha value is -3.03. The molecular formula is C21H16N2O3S2. The van der Waals surface area contributed by atoms with Gasteiger partial charge in [-0.05, 0) is 30.7 Å². The number of nitrogens with zero attached hydrogens (tertiary/aromatic N) is 1. The Morgan fingerprint density at radius 3 is 2.79 bits per heavy atom. The molecule has 28 heavy (non-hydrogen) atoms. The van der Waals surface area contributed by atoms with Crippen LogP contribution in [0.4, 0.5) is 0 Å². The summed E-state index contributed by atoms with van der Waals surface area (Å²) in [5.41, 5.74) is 1.57. The lowest BCUT2D eigenvalue weighted by atomic mass is 10.2. The van der Waals surface area contributed by atoms with Crippen LogP contribution < -0.4 is 5.56 Å². The summed E-state index contributed by atoms with van der Waals surface area (Å²) < 4.78 is 5.20. The van der Waals surface area contributed by atoms with Crippen LogP contribution in [0.3, 0.4) is 0 Å². The quantitative estimate of drug-likeness (QED) is 0.381. The highest BCUT2D eigenvalue weighted by molar-refractivity contribution is 7.19. The second-order valence-corrected chi connectivity index (χ2v) is 8.25. The minimum absolute atomic E-state index is 0.0888. The number of hydrogen-bond donors (Lipinski definition) is 1. The van der Waals surface area contributed by atoms with Gasteiger partial charge in [-0.25, -0.2) is 9.78 Å². The third kappa shape index (κ3) is 3.95. The zero-order chi connectivity index (χ0) is 19.5. The zero-order valence-electron chi connectivity index (χ0n) is 15.0. The van der Waals surface area contributed by atoms with Gasteiger partial charge in [0.2, 0.25) is 0 Å². The highest BCUT2D eigenvalue weighted by atomic mass is 32.1. The molecule has 3 aromatic heterocycles. The summed E-state index contributed by atoms with van der Waals surface area (Å²) in [4.78, 5) is 34.5. The van der Waals surface area contributed by atoms with Crippen LogP contribution in [0.5, 0.6) is 0 Å². The van der Waals surface area contributed by atoms with E-state index in [0.717, 1.165) is 16.0 Å². The molecule has 4 rings (SSSR count). The number of aromatic nitrogens is 2. The first kappa shape index (κ1) is 18.3. The molecule has 1 N–H and O–H groups in total. The minimum atomic E-state index is -0.493. The molecule has 0 aliphatic rings. The summed E-state index contributed by atoms with van der Waals surface area (Å²) in [5, 5.41) is 2.52. The van der Waals surface area contributed by atoms with Crippen LogP contribution in [0.15, 0.2) is 58.7 Å². The molecule has 140 valence electrons. The van der Waals surface area contributed by atoms with Crippen molar-refractivity contribution < 1.29 is 9.53 Å². The summed E-state index contributed by atoms with van der Waals surface area (Å²) in [5.74, 6) is -0.165. The molecular weight excluding hydrogens is 392 g/mol. The van der Waals surface area contributed by atoms with Gasteiger partial charge in [0, 0.05) is 26.8 Å². The molecule has 0 spiro atoms. The number of ether oxygens (including phenoxy) is 1. The van der Waals surface area contributed by atoms with Gasteiger partial charge < -0.3 is 9.72 Å². The van der Waals surface area contributed by atoms with E-state index in [9.17, 15) is 9.59 Å². The molecule has 0 unspecified atom stereocenters. The van der Waals surface area contributed by atoms with Crippen molar-refractivity contribution in [2.24, 2.45) is 0 Å². The van der Waals surface area contributed by atoms with Crippen molar-refractivity contribution in [3.63, 3.8) is 0 Å². The van der Waals surface area contributed by atoms with Crippen LogP contribution in [0.2, 0.25) is 0 Å². The molecule has 3 heterocycles. The predicted octanol–water partition coefficient (Wildman–Crippen LogP) is 4.78. The highest BCUT2D eigenvalue weighted by Gasteiger charge is 2.14. The van der Waals surface area contributed by atoms with Crippen molar-refractivity contribution in [2.45, 2.75) is 13.5 Å². The molecule has 0 amide bonds. The van der Waals surface area contributed by atoms with Gasteiger partial charge in [-0.2, -0.15) is 0 Å². The van der Waals surface area contributed by atoms with Crippen molar-refractivity contribution in [1.29, 1.82) is 0 Å². The number of carbonyl (C=O) groups is 1. The number of benzene rings is 1. The number of aryl methyl sites for hydroxylation is 1. The Morgan fingerprint density at radius 1 is 1.21 bits per heavy atom. The summed E-state index contributed by atoms with van der Waals surface area (Å²) in [6.07, 6.45) is 3.03. The Morgan fingerprint density at radius 2 is 2.04 bits per heavy atom. The number of esters is 1. The van der Waals surface area contributed by atoms with E-state index in [0.29, 0.717) is 16.0 Å². The maximum atomic E-state index is 12.6. The number of aromatic amines is 1. The van der Waals surface area contributed by atoms with Gasteiger partial charge in [0.1, 0.15) is 17.3 Å². The molecule has 4 aromatic rings. The molecule has 5 nitrogen and oxygen atoms in total. The van der Waals surface area contributed by atoms with E-state index in [1.165, 1.54) is 22.3 Å². The van der Waals surface area contributed by atoms with E-state index in [-0.39, 0.29) is 12.2 Å². The van der Waals surface area contributed by atoms with Crippen LogP contribution in [-0.4, -0.2) is 15.9 Å². The number of H-pyrrole nitrogens is 1. The van der Waals surface area contributed by atoms with E-state index in [4.69, 9.17) is 4.74 Å². The zero-order valence-corrected chi connectivity index (χ0v) is 16.6. The normalized spacial score (nSPS) is 11.3. The fraction of sp³-hybridized carbons (Fsp3) is 0.0952. The Bertz CT molecular complexity index is 1220. The number of thiophene rings is 2. The van der Waals surface area contributed by atoms with E-state index in [1.807, 2.05) is 54.8 Å². The Balaban J connectivity index is 1.50. The molecule has 0 fully saturated rings. The summed E-state index contributed by atoms with van der Waals surface area (Å²) in [7, 11) is 0. The molecule has 0 saturated heterocycles. The van der Waals surface area contributed by atoms with Crippen LogP contribution in [0, 0.1) is 6.92 Å². The predicted molar refractivity (Wildman–Crippen MR) is 114 cm³/mol. The van der Waals surface area contributed by atoms with Crippen LogP contribution in [0.1, 0.15) is 16.3 Å². The van der Waals surface area contributed by atoms with Gasteiger partial charge in [-0.1, -0.05) is 30.3 Å². The van der Waals surface area contributed by atoms with Crippen LogP contribution >= 0.6 is 22.7 Å². The third-order valence-electron chi connectivity index (χ3n) is 4.06. The standard InChI is InChI=1S/C21H16N2O3S2/c1-13-7-9-16(28-13)15-12-27-21-19(15)20(25)22-17(23-21)11-26-18(24)10-8-14-5-3-2-4-6-14/h2-10,12H,11H2,1H3,(H,22,23,25)/b10-8+. The van der Waals surface area contributed by atoms with Crippen molar-refractivity contribution in [3.8, 4) is 10.4 Å². The van der Waals surface area contributed by atoms with Gasteiger partial charge in [0.25, 0.3) is 5.56 Å². The molecule has 0 aliphatic heterocycles. The van der Waals surface area contributed by atoms with Gasteiger partial charge in [-0.15, -0.1) is 22.7 Å². The second-order valence-electron chi connectivity index (χ2n) is 6.10. The molecule has 0 atom stereocenters. The van der Waals surface area contributed by atoms with Crippen molar-refractivity contribution in [3.05, 3.63) is 80.5 Å². The highest BCUT2D eigenvalue weighted by Crippen LogP contribution is 2.34.